The van der Waals surface area contributed by atoms with Crippen LogP contribution in [0.5, 0.6) is 0 Å². The van der Waals surface area contributed by atoms with Crippen molar-refractivity contribution in [1.29, 1.82) is 0 Å². The molecule has 5 nitrogen and oxygen atoms in total. The number of carbonyl (C=O) groups is 3. The molecule has 1 aromatic carbocycles. The number of hydrogen-bond acceptors (Lipinski definition) is 4. The standard InChI is InChI=1S/C15H14Cl2N2O3S/c1-2-13(20)18-5-6-19-14(21)12(23-15(19)22)7-9-3-4-10(16)8-11(9)17/h3-4,7-8H,2,5-6H2,1H3,(H,18,20). The summed E-state index contributed by atoms with van der Waals surface area (Å²) in [6.07, 6.45) is 1.92. The number of nitrogens with zero attached hydrogens (tertiary/aromatic N) is 1. The van der Waals surface area contributed by atoms with Crippen molar-refractivity contribution < 1.29 is 14.4 Å². The number of hydrogen-bond donors (Lipinski definition) is 1. The van der Waals surface area contributed by atoms with E-state index >= 15 is 0 Å². The van der Waals surface area contributed by atoms with Gasteiger partial charge in [0.25, 0.3) is 11.1 Å². The van der Waals surface area contributed by atoms with Crippen molar-refractivity contribution in [1.82, 2.24) is 10.2 Å². The number of halogens is 2. The van der Waals surface area contributed by atoms with Gasteiger partial charge in [0.15, 0.2) is 0 Å². The zero-order valence-corrected chi connectivity index (χ0v) is 14.6. The number of thioether (sulfide) groups is 1. The third kappa shape index (κ3) is 4.50. The molecule has 122 valence electrons. The molecule has 2 rings (SSSR count). The summed E-state index contributed by atoms with van der Waals surface area (Å²) in [6.45, 7) is 2.11. The zero-order chi connectivity index (χ0) is 17.0. The minimum atomic E-state index is -0.392. The van der Waals surface area contributed by atoms with Crippen LogP contribution in [0, 0.1) is 0 Å². The van der Waals surface area contributed by atoms with E-state index in [0.717, 1.165) is 16.7 Å². The fraction of sp³-hybridized carbons (Fsp3) is 0.267. The SMILES string of the molecule is CCC(=O)NCCN1C(=O)SC(=Cc2ccc(Cl)cc2Cl)C1=O. The van der Waals surface area contributed by atoms with Crippen LogP contribution < -0.4 is 5.32 Å². The summed E-state index contributed by atoms with van der Waals surface area (Å²) in [6, 6.07) is 4.91. The van der Waals surface area contributed by atoms with Crippen LogP contribution in [0.25, 0.3) is 6.08 Å². The monoisotopic (exact) mass is 372 g/mol. The van der Waals surface area contributed by atoms with Gasteiger partial charge in [-0.2, -0.15) is 0 Å². The zero-order valence-electron chi connectivity index (χ0n) is 12.3. The van der Waals surface area contributed by atoms with Crippen LogP contribution >= 0.6 is 35.0 Å². The summed E-state index contributed by atoms with van der Waals surface area (Å²) in [5.74, 6) is -0.516. The van der Waals surface area contributed by atoms with Gasteiger partial charge < -0.3 is 5.32 Å². The predicted molar refractivity (Wildman–Crippen MR) is 92.4 cm³/mol. The molecular formula is C15H14Cl2N2O3S. The molecule has 0 aromatic heterocycles. The first-order valence-electron chi connectivity index (χ1n) is 6.89. The molecule has 1 aliphatic rings. The Hall–Kier alpha value is -1.50. The highest BCUT2D eigenvalue weighted by Gasteiger charge is 2.34. The second kappa shape index (κ2) is 7.86. The highest BCUT2D eigenvalue weighted by Crippen LogP contribution is 2.33. The molecule has 0 radical (unpaired) electrons. The Bertz CT molecular complexity index is 691. The average Bonchev–Trinajstić information content (AvgIpc) is 2.77. The number of amides is 3. The molecule has 0 atom stereocenters. The largest absolute Gasteiger partial charge is 0.354 e. The molecule has 0 spiro atoms. The molecule has 1 aliphatic heterocycles. The fourth-order valence-corrected chi connectivity index (χ4v) is 3.20. The third-order valence-electron chi connectivity index (χ3n) is 3.10. The van der Waals surface area contributed by atoms with Crippen LogP contribution in [0.15, 0.2) is 23.1 Å². The van der Waals surface area contributed by atoms with Crippen LogP contribution in [-0.4, -0.2) is 35.0 Å². The molecule has 23 heavy (non-hydrogen) atoms. The summed E-state index contributed by atoms with van der Waals surface area (Å²) in [4.78, 5) is 36.8. The molecule has 0 unspecified atom stereocenters. The second-order valence-electron chi connectivity index (χ2n) is 4.70. The average molecular weight is 373 g/mol. The minimum Gasteiger partial charge on any atom is -0.354 e. The summed E-state index contributed by atoms with van der Waals surface area (Å²) < 4.78 is 0. The number of rotatable bonds is 5. The van der Waals surface area contributed by atoms with E-state index < -0.39 is 5.91 Å². The van der Waals surface area contributed by atoms with Gasteiger partial charge in [0.2, 0.25) is 5.91 Å². The van der Waals surface area contributed by atoms with Crippen molar-refractivity contribution in [3.05, 3.63) is 38.7 Å². The molecule has 0 bridgehead atoms. The maximum absolute atomic E-state index is 12.3. The molecule has 3 amide bonds. The molecule has 1 N–H and O–H groups in total. The quantitative estimate of drug-likeness (QED) is 0.802. The van der Waals surface area contributed by atoms with Gasteiger partial charge in [0, 0.05) is 29.6 Å². The van der Waals surface area contributed by atoms with Gasteiger partial charge in [-0.05, 0) is 35.5 Å². The van der Waals surface area contributed by atoms with E-state index in [1.165, 1.54) is 0 Å². The first kappa shape index (κ1) is 17.8. The Labute approximate surface area is 148 Å². The van der Waals surface area contributed by atoms with Crippen molar-refractivity contribution in [3.8, 4) is 0 Å². The van der Waals surface area contributed by atoms with Crippen LogP contribution in [0.2, 0.25) is 10.0 Å². The van der Waals surface area contributed by atoms with E-state index in [-0.39, 0.29) is 24.2 Å². The van der Waals surface area contributed by atoms with E-state index in [1.807, 2.05) is 0 Å². The van der Waals surface area contributed by atoms with Gasteiger partial charge in [-0.15, -0.1) is 0 Å². The predicted octanol–water partition coefficient (Wildman–Crippen LogP) is 3.56. The van der Waals surface area contributed by atoms with Crippen molar-refractivity contribution in [3.63, 3.8) is 0 Å². The van der Waals surface area contributed by atoms with E-state index in [0.29, 0.717) is 26.9 Å². The number of nitrogens with one attached hydrogen (secondary N) is 1. The molecular weight excluding hydrogens is 359 g/mol. The van der Waals surface area contributed by atoms with Crippen molar-refractivity contribution in [2.24, 2.45) is 0 Å². The van der Waals surface area contributed by atoms with Gasteiger partial charge in [0.05, 0.1) is 4.91 Å². The van der Waals surface area contributed by atoms with Crippen molar-refractivity contribution >= 4 is 58.1 Å². The van der Waals surface area contributed by atoms with E-state index in [1.54, 1.807) is 31.2 Å². The van der Waals surface area contributed by atoms with Crippen LogP contribution in [0.3, 0.4) is 0 Å². The highest BCUT2D eigenvalue weighted by molar-refractivity contribution is 8.18. The first-order chi connectivity index (χ1) is 10.9. The number of benzene rings is 1. The number of imide groups is 1. The second-order valence-corrected chi connectivity index (χ2v) is 6.54. The minimum absolute atomic E-state index is 0.125. The molecule has 0 saturated carbocycles. The number of carbonyl (C=O) groups excluding carboxylic acids is 3. The molecule has 1 heterocycles. The summed E-state index contributed by atoms with van der Waals surface area (Å²) in [7, 11) is 0. The molecule has 0 aliphatic carbocycles. The molecule has 8 heteroatoms. The fourth-order valence-electron chi connectivity index (χ4n) is 1.88. The van der Waals surface area contributed by atoms with E-state index in [2.05, 4.69) is 5.32 Å². The Morgan fingerprint density at radius 2 is 2.09 bits per heavy atom. The maximum atomic E-state index is 12.3. The van der Waals surface area contributed by atoms with Gasteiger partial charge in [-0.25, -0.2) is 0 Å². The Kier molecular flexibility index (Phi) is 6.10. The molecule has 1 fully saturated rings. The van der Waals surface area contributed by atoms with Crippen molar-refractivity contribution in [2.75, 3.05) is 13.1 Å². The highest BCUT2D eigenvalue weighted by atomic mass is 35.5. The van der Waals surface area contributed by atoms with Gasteiger partial charge in [-0.1, -0.05) is 36.2 Å². The lowest BCUT2D eigenvalue weighted by molar-refractivity contribution is -0.124. The first-order valence-corrected chi connectivity index (χ1v) is 8.46. The Morgan fingerprint density at radius 1 is 1.35 bits per heavy atom. The van der Waals surface area contributed by atoms with Crippen LogP contribution in [0.1, 0.15) is 18.9 Å². The maximum Gasteiger partial charge on any atom is 0.293 e. The smallest absolute Gasteiger partial charge is 0.293 e. The van der Waals surface area contributed by atoms with E-state index in [4.69, 9.17) is 23.2 Å². The van der Waals surface area contributed by atoms with Gasteiger partial charge >= 0.3 is 0 Å². The van der Waals surface area contributed by atoms with Gasteiger partial charge in [-0.3, -0.25) is 19.3 Å². The summed E-state index contributed by atoms with van der Waals surface area (Å²) >= 11 is 12.7. The lowest BCUT2D eigenvalue weighted by Gasteiger charge is -2.12. The molecule has 1 aromatic rings. The van der Waals surface area contributed by atoms with Crippen LogP contribution in [0.4, 0.5) is 4.79 Å². The van der Waals surface area contributed by atoms with E-state index in [9.17, 15) is 14.4 Å². The van der Waals surface area contributed by atoms with Crippen LogP contribution in [-0.2, 0) is 9.59 Å². The summed E-state index contributed by atoms with van der Waals surface area (Å²) in [5.41, 5.74) is 0.612. The lowest BCUT2D eigenvalue weighted by Crippen LogP contribution is -2.37. The lowest BCUT2D eigenvalue weighted by atomic mass is 10.2. The third-order valence-corrected chi connectivity index (χ3v) is 4.57. The van der Waals surface area contributed by atoms with Gasteiger partial charge in [0.1, 0.15) is 0 Å². The normalized spacial score (nSPS) is 16.3. The Morgan fingerprint density at radius 3 is 2.74 bits per heavy atom. The van der Waals surface area contributed by atoms with Crippen molar-refractivity contribution in [2.45, 2.75) is 13.3 Å². The molecule has 1 saturated heterocycles. The summed E-state index contributed by atoms with van der Waals surface area (Å²) in [5, 5.41) is 3.16. The topological polar surface area (TPSA) is 66.5 Å². The Balaban J connectivity index is 2.08.